The number of piperidine rings is 1. The maximum Gasteiger partial charge on any atom is 0.410 e. The van der Waals surface area contributed by atoms with Crippen molar-refractivity contribution in [3.63, 3.8) is 0 Å². The lowest BCUT2D eigenvalue weighted by molar-refractivity contribution is 0.00948. The van der Waals surface area contributed by atoms with Gasteiger partial charge in [-0.25, -0.2) is 4.79 Å². The number of hydrogen-bond donors (Lipinski definition) is 1. The first-order valence-corrected chi connectivity index (χ1v) is 9.08. The zero-order valence-corrected chi connectivity index (χ0v) is 14.9. The monoisotopic (exact) mass is 310 g/mol. The van der Waals surface area contributed by atoms with Gasteiger partial charge in [0, 0.05) is 25.2 Å². The van der Waals surface area contributed by atoms with Crippen LogP contribution in [0.2, 0.25) is 0 Å². The van der Waals surface area contributed by atoms with E-state index in [2.05, 4.69) is 12.2 Å². The largest absolute Gasteiger partial charge is 0.444 e. The van der Waals surface area contributed by atoms with E-state index >= 15 is 0 Å². The predicted molar refractivity (Wildman–Crippen MR) is 90.0 cm³/mol. The molecule has 1 N–H and O–H groups in total. The average molecular weight is 310 g/mol. The number of likely N-dealkylation sites (tertiary alicyclic amines) is 1. The Morgan fingerprint density at radius 1 is 1.14 bits per heavy atom. The molecule has 1 amide bonds. The van der Waals surface area contributed by atoms with E-state index in [0.717, 1.165) is 31.8 Å². The summed E-state index contributed by atoms with van der Waals surface area (Å²) in [4.78, 5) is 14.3. The van der Waals surface area contributed by atoms with Crippen LogP contribution in [0.4, 0.5) is 4.79 Å². The van der Waals surface area contributed by atoms with Crippen LogP contribution < -0.4 is 5.32 Å². The van der Waals surface area contributed by atoms with Crippen LogP contribution in [-0.4, -0.2) is 41.8 Å². The van der Waals surface area contributed by atoms with Gasteiger partial charge in [0.05, 0.1) is 0 Å². The van der Waals surface area contributed by atoms with Gasteiger partial charge >= 0.3 is 6.09 Å². The standard InChI is InChI=1S/C18H34N2O2/c1-14-8-10-15(11-9-14)19-13-16-7-5-6-12-20(16)17(21)22-18(2,3)4/h14-16,19H,5-13H2,1-4H3/t14-,15-,16-/m1/s1. The van der Waals surface area contributed by atoms with Crippen molar-refractivity contribution < 1.29 is 9.53 Å². The van der Waals surface area contributed by atoms with Gasteiger partial charge in [-0.2, -0.15) is 0 Å². The van der Waals surface area contributed by atoms with Crippen LogP contribution in [-0.2, 0) is 4.74 Å². The van der Waals surface area contributed by atoms with Crippen LogP contribution in [0.1, 0.15) is 72.6 Å². The van der Waals surface area contributed by atoms with Crippen molar-refractivity contribution in [2.45, 2.75) is 90.3 Å². The van der Waals surface area contributed by atoms with Crippen molar-refractivity contribution in [3.05, 3.63) is 0 Å². The van der Waals surface area contributed by atoms with Crippen LogP contribution in [0.5, 0.6) is 0 Å². The Balaban J connectivity index is 1.83. The van der Waals surface area contributed by atoms with Gasteiger partial charge < -0.3 is 15.0 Å². The van der Waals surface area contributed by atoms with Crippen LogP contribution in [0.15, 0.2) is 0 Å². The summed E-state index contributed by atoms with van der Waals surface area (Å²) in [5, 5.41) is 3.71. The van der Waals surface area contributed by atoms with Gasteiger partial charge in [-0.15, -0.1) is 0 Å². The van der Waals surface area contributed by atoms with E-state index in [4.69, 9.17) is 4.74 Å². The van der Waals surface area contributed by atoms with E-state index < -0.39 is 5.60 Å². The van der Waals surface area contributed by atoms with Crippen molar-refractivity contribution in [1.29, 1.82) is 0 Å². The minimum atomic E-state index is -0.411. The number of carbonyl (C=O) groups is 1. The Labute approximate surface area is 136 Å². The zero-order chi connectivity index (χ0) is 16.2. The minimum absolute atomic E-state index is 0.142. The van der Waals surface area contributed by atoms with Crippen molar-refractivity contribution >= 4 is 6.09 Å². The molecule has 0 aromatic rings. The summed E-state index contributed by atoms with van der Waals surface area (Å²) in [6, 6.07) is 0.932. The maximum absolute atomic E-state index is 12.4. The molecule has 1 atom stereocenters. The van der Waals surface area contributed by atoms with Gasteiger partial charge in [-0.05, 0) is 71.6 Å². The molecule has 128 valence electrons. The summed E-state index contributed by atoms with van der Waals surface area (Å²) < 4.78 is 5.57. The van der Waals surface area contributed by atoms with Crippen molar-refractivity contribution in [1.82, 2.24) is 10.2 Å². The molecule has 2 rings (SSSR count). The minimum Gasteiger partial charge on any atom is -0.444 e. The molecule has 0 bridgehead atoms. The summed E-state index contributed by atoms with van der Waals surface area (Å²) in [6.45, 7) is 9.91. The SMILES string of the molecule is CC(C)(C)OC(=O)N1CCCC[C@@H]1CN[C@H]1CC[C@H](C)CC1. The van der Waals surface area contributed by atoms with E-state index in [1.165, 1.54) is 32.1 Å². The Bertz CT molecular complexity index is 357. The molecule has 1 saturated carbocycles. The normalized spacial score (nSPS) is 30.2. The molecular weight excluding hydrogens is 276 g/mol. The Kier molecular flexibility index (Phi) is 6.13. The van der Waals surface area contributed by atoms with Gasteiger partial charge in [0.25, 0.3) is 0 Å². The highest BCUT2D eigenvalue weighted by Crippen LogP contribution is 2.24. The fourth-order valence-electron chi connectivity index (χ4n) is 3.54. The third-order valence-corrected chi connectivity index (χ3v) is 4.91. The molecule has 2 fully saturated rings. The van der Waals surface area contributed by atoms with Crippen LogP contribution in [0, 0.1) is 5.92 Å². The second-order valence-electron chi connectivity index (χ2n) is 8.19. The molecule has 1 saturated heterocycles. The van der Waals surface area contributed by atoms with E-state index in [1.807, 2.05) is 25.7 Å². The number of nitrogens with zero attached hydrogens (tertiary/aromatic N) is 1. The van der Waals surface area contributed by atoms with Crippen molar-refractivity contribution in [2.75, 3.05) is 13.1 Å². The molecule has 2 aliphatic rings. The molecule has 1 aliphatic carbocycles. The van der Waals surface area contributed by atoms with Gasteiger partial charge in [0.15, 0.2) is 0 Å². The van der Waals surface area contributed by atoms with E-state index in [1.54, 1.807) is 0 Å². The number of hydrogen-bond acceptors (Lipinski definition) is 3. The van der Waals surface area contributed by atoms with Crippen LogP contribution >= 0.6 is 0 Å². The van der Waals surface area contributed by atoms with Crippen molar-refractivity contribution in [3.8, 4) is 0 Å². The Hall–Kier alpha value is -0.770. The molecule has 4 heteroatoms. The number of rotatable bonds is 3. The third-order valence-electron chi connectivity index (χ3n) is 4.91. The first kappa shape index (κ1) is 17.6. The van der Waals surface area contributed by atoms with Gasteiger partial charge in [0.1, 0.15) is 5.60 Å². The second kappa shape index (κ2) is 7.67. The predicted octanol–water partition coefficient (Wildman–Crippen LogP) is 3.94. The molecule has 0 radical (unpaired) electrons. The first-order valence-electron chi connectivity index (χ1n) is 9.08. The lowest BCUT2D eigenvalue weighted by Crippen LogP contribution is -2.51. The number of nitrogens with one attached hydrogen (secondary N) is 1. The van der Waals surface area contributed by atoms with Crippen LogP contribution in [0.25, 0.3) is 0 Å². The van der Waals surface area contributed by atoms with Gasteiger partial charge in [-0.1, -0.05) is 6.92 Å². The second-order valence-corrected chi connectivity index (χ2v) is 8.19. The smallest absolute Gasteiger partial charge is 0.410 e. The highest BCUT2D eigenvalue weighted by Gasteiger charge is 2.31. The average Bonchev–Trinajstić information content (AvgIpc) is 2.45. The third kappa shape index (κ3) is 5.45. The molecule has 1 heterocycles. The van der Waals surface area contributed by atoms with E-state index in [9.17, 15) is 4.79 Å². The highest BCUT2D eigenvalue weighted by molar-refractivity contribution is 5.68. The van der Waals surface area contributed by atoms with Crippen molar-refractivity contribution in [2.24, 2.45) is 5.92 Å². The maximum atomic E-state index is 12.4. The summed E-state index contributed by atoms with van der Waals surface area (Å²) in [5.41, 5.74) is -0.411. The Morgan fingerprint density at radius 2 is 1.82 bits per heavy atom. The summed E-state index contributed by atoms with van der Waals surface area (Å²) in [5.74, 6) is 0.881. The Morgan fingerprint density at radius 3 is 2.45 bits per heavy atom. The zero-order valence-electron chi connectivity index (χ0n) is 14.9. The van der Waals surface area contributed by atoms with E-state index in [0.29, 0.717) is 12.1 Å². The van der Waals surface area contributed by atoms with Crippen LogP contribution in [0.3, 0.4) is 0 Å². The summed E-state index contributed by atoms with van der Waals surface area (Å²) in [7, 11) is 0. The van der Waals surface area contributed by atoms with Gasteiger partial charge in [0.2, 0.25) is 0 Å². The summed E-state index contributed by atoms with van der Waals surface area (Å²) >= 11 is 0. The van der Waals surface area contributed by atoms with E-state index in [-0.39, 0.29) is 6.09 Å². The number of ether oxygens (including phenoxy) is 1. The molecule has 0 aromatic heterocycles. The number of carbonyl (C=O) groups excluding carboxylic acids is 1. The highest BCUT2D eigenvalue weighted by atomic mass is 16.6. The molecule has 0 unspecified atom stereocenters. The molecule has 0 spiro atoms. The quantitative estimate of drug-likeness (QED) is 0.858. The molecule has 0 aromatic carbocycles. The van der Waals surface area contributed by atoms with Gasteiger partial charge in [-0.3, -0.25) is 0 Å². The topological polar surface area (TPSA) is 41.6 Å². The molecule has 4 nitrogen and oxygen atoms in total. The lowest BCUT2D eigenvalue weighted by Gasteiger charge is -2.38. The fourth-order valence-corrected chi connectivity index (χ4v) is 3.54. The lowest BCUT2D eigenvalue weighted by atomic mass is 9.87. The summed E-state index contributed by atoms with van der Waals surface area (Å²) in [6.07, 6.45) is 8.48. The first-order chi connectivity index (χ1) is 10.3. The fraction of sp³-hybridized carbons (Fsp3) is 0.944. The number of amides is 1. The molecule has 1 aliphatic heterocycles. The molecular formula is C18H34N2O2. The molecule has 22 heavy (non-hydrogen) atoms.